The maximum atomic E-state index is 13.4. The van der Waals surface area contributed by atoms with E-state index in [4.69, 9.17) is 0 Å². The molecule has 1 aliphatic carbocycles. The van der Waals surface area contributed by atoms with Gasteiger partial charge >= 0.3 is 0 Å². The topological polar surface area (TPSA) is 3.24 Å². The van der Waals surface area contributed by atoms with Gasteiger partial charge in [-0.05, 0) is 72.9 Å². The summed E-state index contributed by atoms with van der Waals surface area (Å²) >= 11 is 0. The summed E-state index contributed by atoms with van der Waals surface area (Å²) in [6, 6.07) is 12.0. The summed E-state index contributed by atoms with van der Waals surface area (Å²) in [6.45, 7) is 3.63. The van der Waals surface area contributed by atoms with Crippen molar-refractivity contribution in [3.63, 3.8) is 0 Å². The molecule has 2 fully saturated rings. The van der Waals surface area contributed by atoms with Crippen molar-refractivity contribution in [2.24, 2.45) is 5.92 Å². The number of rotatable bonds is 4. The van der Waals surface area contributed by atoms with Crippen LogP contribution in [0.2, 0.25) is 0 Å². The van der Waals surface area contributed by atoms with Crippen molar-refractivity contribution >= 4 is 0 Å². The molecule has 1 saturated carbocycles. The zero-order chi connectivity index (χ0) is 17.9. The Labute approximate surface area is 155 Å². The predicted octanol–water partition coefficient (Wildman–Crippen LogP) is 6.00. The second-order valence-corrected chi connectivity index (χ2v) is 8.03. The molecule has 1 aliphatic heterocycles. The maximum Gasteiger partial charge on any atom is 0.126 e. The molecule has 0 amide bonds. The van der Waals surface area contributed by atoms with Gasteiger partial charge in [0, 0.05) is 19.2 Å². The Kier molecular flexibility index (Phi) is 5.35. The third kappa shape index (κ3) is 4.15. The fourth-order valence-electron chi connectivity index (χ4n) is 4.72. The highest BCUT2D eigenvalue weighted by atomic mass is 19.1. The molecule has 1 heterocycles. The minimum absolute atomic E-state index is 0.529. The summed E-state index contributed by atoms with van der Waals surface area (Å²) in [5.74, 6) is 0.417. The average Bonchev–Trinajstić information content (AvgIpc) is 3.14. The minimum Gasteiger partial charge on any atom is -0.302 e. The van der Waals surface area contributed by atoms with E-state index in [0.29, 0.717) is 11.5 Å². The van der Waals surface area contributed by atoms with E-state index in [-0.39, 0.29) is 0 Å². The summed E-state index contributed by atoms with van der Waals surface area (Å²) in [6.07, 6.45) is 8.11. The highest BCUT2D eigenvalue weighted by molar-refractivity contribution is 5.63. The van der Waals surface area contributed by atoms with Gasteiger partial charge < -0.3 is 4.90 Å². The molecule has 1 nitrogen and oxygen atoms in total. The summed E-state index contributed by atoms with van der Waals surface area (Å²) in [4.78, 5) is 2.65. The molecule has 1 saturated heterocycles. The first-order valence-corrected chi connectivity index (χ1v) is 9.96. The van der Waals surface area contributed by atoms with E-state index in [2.05, 4.69) is 17.0 Å². The SMILES string of the molecule is Fc1cc(F)cc(-c2ccc(C3CCCN(CC4CCCC4)C3)cc2)c1. The van der Waals surface area contributed by atoms with Gasteiger partial charge in [0.05, 0.1) is 0 Å². The lowest BCUT2D eigenvalue weighted by molar-refractivity contribution is 0.179. The van der Waals surface area contributed by atoms with Gasteiger partial charge in [0.25, 0.3) is 0 Å². The number of benzene rings is 2. The van der Waals surface area contributed by atoms with Crippen molar-refractivity contribution < 1.29 is 8.78 Å². The Morgan fingerprint density at radius 3 is 2.19 bits per heavy atom. The molecular weight excluding hydrogens is 328 g/mol. The third-order valence-electron chi connectivity index (χ3n) is 6.07. The maximum absolute atomic E-state index is 13.4. The second kappa shape index (κ2) is 7.87. The number of piperidine rings is 1. The molecule has 2 aliphatic rings. The quantitative estimate of drug-likeness (QED) is 0.650. The lowest BCUT2D eigenvalue weighted by atomic mass is 9.89. The lowest BCUT2D eigenvalue weighted by Gasteiger charge is -2.34. The zero-order valence-electron chi connectivity index (χ0n) is 15.3. The number of hydrogen-bond acceptors (Lipinski definition) is 1. The number of likely N-dealkylation sites (tertiary alicyclic amines) is 1. The van der Waals surface area contributed by atoms with Crippen LogP contribution >= 0.6 is 0 Å². The predicted molar refractivity (Wildman–Crippen MR) is 102 cm³/mol. The van der Waals surface area contributed by atoms with E-state index < -0.39 is 11.6 Å². The molecule has 0 aromatic heterocycles. The van der Waals surface area contributed by atoms with Gasteiger partial charge in [-0.1, -0.05) is 37.1 Å². The van der Waals surface area contributed by atoms with Gasteiger partial charge in [-0.25, -0.2) is 8.78 Å². The van der Waals surface area contributed by atoms with Crippen molar-refractivity contribution in [1.29, 1.82) is 0 Å². The molecule has 0 N–H and O–H groups in total. The van der Waals surface area contributed by atoms with E-state index in [9.17, 15) is 8.78 Å². The normalized spacial score (nSPS) is 22.0. The van der Waals surface area contributed by atoms with E-state index in [0.717, 1.165) is 24.1 Å². The van der Waals surface area contributed by atoms with Gasteiger partial charge in [-0.2, -0.15) is 0 Å². The Bertz CT molecular complexity index is 714. The van der Waals surface area contributed by atoms with Crippen molar-refractivity contribution in [3.8, 4) is 11.1 Å². The van der Waals surface area contributed by atoms with Crippen LogP contribution in [-0.2, 0) is 0 Å². The number of hydrogen-bond donors (Lipinski definition) is 0. The largest absolute Gasteiger partial charge is 0.302 e. The van der Waals surface area contributed by atoms with Crippen LogP contribution in [0.15, 0.2) is 42.5 Å². The van der Waals surface area contributed by atoms with E-state index in [1.807, 2.05) is 12.1 Å². The smallest absolute Gasteiger partial charge is 0.126 e. The number of halogens is 2. The molecular formula is C23H27F2N. The van der Waals surface area contributed by atoms with E-state index in [1.165, 1.54) is 69.3 Å². The van der Waals surface area contributed by atoms with Crippen LogP contribution in [0.1, 0.15) is 50.0 Å². The first-order chi connectivity index (χ1) is 12.7. The molecule has 26 heavy (non-hydrogen) atoms. The Hall–Kier alpha value is -1.74. The van der Waals surface area contributed by atoms with E-state index in [1.54, 1.807) is 0 Å². The van der Waals surface area contributed by atoms with Crippen LogP contribution < -0.4 is 0 Å². The molecule has 3 heteroatoms. The van der Waals surface area contributed by atoms with Gasteiger partial charge in [0.15, 0.2) is 0 Å². The van der Waals surface area contributed by atoms with Crippen molar-refractivity contribution in [2.75, 3.05) is 19.6 Å². The van der Waals surface area contributed by atoms with Crippen LogP contribution in [0.4, 0.5) is 8.78 Å². The van der Waals surface area contributed by atoms with Crippen molar-refractivity contribution in [2.45, 2.75) is 44.4 Å². The monoisotopic (exact) mass is 355 g/mol. The Morgan fingerprint density at radius 1 is 0.808 bits per heavy atom. The standard InChI is InChI=1S/C23H27F2N/c24-22-12-21(13-23(25)14-22)19-9-7-18(8-10-19)20-6-3-11-26(16-20)15-17-4-1-2-5-17/h7-10,12-14,17,20H,1-6,11,15-16H2. The fraction of sp³-hybridized carbons (Fsp3) is 0.478. The minimum atomic E-state index is -0.529. The van der Waals surface area contributed by atoms with Gasteiger partial charge in [0.1, 0.15) is 11.6 Å². The average molecular weight is 355 g/mol. The summed E-state index contributed by atoms with van der Waals surface area (Å²) in [7, 11) is 0. The molecule has 0 bridgehead atoms. The molecule has 2 aromatic rings. The molecule has 1 unspecified atom stereocenters. The zero-order valence-corrected chi connectivity index (χ0v) is 15.3. The fourth-order valence-corrected chi connectivity index (χ4v) is 4.72. The summed E-state index contributed by atoms with van der Waals surface area (Å²) in [5.41, 5.74) is 2.81. The molecule has 2 aromatic carbocycles. The van der Waals surface area contributed by atoms with Crippen molar-refractivity contribution in [1.82, 2.24) is 4.90 Å². The molecule has 0 spiro atoms. The molecule has 1 atom stereocenters. The second-order valence-electron chi connectivity index (χ2n) is 8.03. The summed E-state index contributed by atoms with van der Waals surface area (Å²) < 4.78 is 26.9. The highest BCUT2D eigenvalue weighted by Gasteiger charge is 2.24. The Balaban J connectivity index is 1.44. The van der Waals surface area contributed by atoms with Gasteiger partial charge in [0.2, 0.25) is 0 Å². The summed E-state index contributed by atoms with van der Waals surface area (Å²) in [5, 5.41) is 0. The lowest BCUT2D eigenvalue weighted by Crippen LogP contribution is -2.37. The molecule has 138 valence electrons. The van der Waals surface area contributed by atoms with Gasteiger partial charge in [-0.3, -0.25) is 0 Å². The highest BCUT2D eigenvalue weighted by Crippen LogP contribution is 2.32. The first-order valence-electron chi connectivity index (χ1n) is 9.96. The van der Waals surface area contributed by atoms with Crippen molar-refractivity contribution in [3.05, 3.63) is 59.7 Å². The van der Waals surface area contributed by atoms with Crippen LogP contribution in [0.5, 0.6) is 0 Å². The number of nitrogens with zero attached hydrogens (tertiary/aromatic N) is 1. The third-order valence-corrected chi connectivity index (χ3v) is 6.07. The molecule has 4 rings (SSSR count). The Morgan fingerprint density at radius 2 is 1.50 bits per heavy atom. The van der Waals surface area contributed by atoms with Crippen LogP contribution in [0.25, 0.3) is 11.1 Å². The first kappa shape index (κ1) is 17.7. The van der Waals surface area contributed by atoms with Gasteiger partial charge in [-0.15, -0.1) is 0 Å². The van der Waals surface area contributed by atoms with Crippen LogP contribution in [0.3, 0.4) is 0 Å². The van der Waals surface area contributed by atoms with Crippen LogP contribution in [-0.4, -0.2) is 24.5 Å². The van der Waals surface area contributed by atoms with E-state index >= 15 is 0 Å². The van der Waals surface area contributed by atoms with Crippen LogP contribution in [0, 0.1) is 17.6 Å². The molecule has 0 radical (unpaired) electrons.